The van der Waals surface area contributed by atoms with Crippen LogP contribution in [0.25, 0.3) is 5.69 Å². The molecular formula is C28H33ClN4O4. The van der Waals surface area contributed by atoms with E-state index in [-0.39, 0.29) is 6.61 Å². The van der Waals surface area contributed by atoms with Gasteiger partial charge < -0.3 is 19.4 Å². The van der Waals surface area contributed by atoms with Crippen LogP contribution in [0.3, 0.4) is 0 Å². The lowest BCUT2D eigenvalue weighted by Crippen LogP contribution is -2.49. The van der Waals surface area contributed by atoms with E-state index in [1.807, 2.05) is 74.5 Å². The van der Waals surface area contributed by atoms with Gasteiger partial charge in [0, 0.05) is 27.7 Å². The highest BCUT2D eigenvalue weighted by Crippen LogP contribution is 2.21. The van der Waals surface area contributed by atoms with Gasteiger partial charge in [-0.1, -0.05) is 41.9 Å². The van der Waals surface area contributed by atoms with Crippen LogP contribution in [0.15, 0.2) is 65.8 Å². The number of amides is 2. The number of hydrazone groups is 1. The molecule has 0 saturated carbocycles. The maximum Gasteiger partial charge on any atom is 0.408 e. The number of nitrogens with zero attached hydrogens (tertiary/aromatic N) is 2. The molecule has 3 aromatic rings. The van der Waals surface area contributed by atoms with E-state index in [0.29, 0.717) is 11.6 Å². The van der Waals surface area contributed by atoms with Gasteiger partial charge in [-0.2, -0.15) is 5.10 Å². The van der Waals surface area contributed by atoms with Crippen molar-refractivity contribution in [3.63, 3.8) is 0 Å². The average molecular weight is 525 g/mol. The molecule has 0 aliphatic carbocycles. The zero-order valence-electron chi connectivity index (χ0n) is 21.7. The van der Waals surface area contributed by atoms with E-state index in [9.17, 15) is 9.59 Å². The highest BCUT2D eigenvalue weighted by Gasteiger charge is 2.24. The summed E-state index contributed by atoms with van der Waals surface area (Å²) in [4.78, 5) is 25.2. The summed E-state index contributed by atoms with van der Waals surface area (Å²) < 4.78 is 13.1. The van der Waals surface area contributed by atoms with Crippen molar-refractivity contribution in [2.75, 3.05) is 6.61 Å². The van der Waals surface area contributed by atoms with Crippen LogP contribution < -0.4 is 10.7 Å². The Hall–Kier alpha value is -3.62. The summed E-state index contributed by atoms with van der Waals surface area (Å²) in [6.07, 6.45) is 0.855. The van der Waals surface area contributed by atoms with Crippen molar-refractivity contribution in [2.24, 2.45) is 5.10 Å². The first kappa shape index (κ1) is 28.0. The molecule has 1 atom stereocenters. The molecule has 1 heterocycles. The number of alkyl carbamates (subject to hydrolysis) is 1. The summed E-state index contributed by atoms with van der Waals surface area (Å²) in [5.74, 6) is -0.526. The normalized spacial score (nSPS) is 12.4. The summed E-state index contributed by atoms with van der Waals surface area (Å²) >= 11 is 6.02. The fourth-order valence-electron chi connectivity index (χ4n) is 3.65. The Morgan fingerprint density at radius 3 is 2.41 bits per heavy atom. The van der Waals surface area contributed by atoms with Crippen molar-refractivity contribution in [1.82, 2.24) is 15.3 Å². The Kier molecular flexibility index (Phi) is 9.49. The number of nitrogens with one attached hydrogen (secondary N) is 2. The van der Waals surface area contributed by atoms with Crippen LogP contribution in [0.1, 0.15) is 43.3 Å². The molecule has 8 nitrogen and oxygen atoms in total. The minimum absolute atomic E-state index is 0.0550. The maximum atomic E-state index is 12.9. The van der Waals surface area contributed by atoms with Crippen molar-refractivity contribution in [3.05, 3.63) is 88.2 Å². The van der Waals surface area contributed by atoms with E-state index >= 15 is 0 Å². The first-order valence-electron chi connectivity index (χ1n) is 11.9. The van der Waals surface area contributed by atoms with Crippen LogP contribution in [0.4, 0.5) is 4.79 Å². The van der Waals surface area contributed by atoms with E-state index < -0.39 is 23.6 Å². The number of carbonyl (C=O) groups is 2. The molecule has 0 bridgehead atoms. The van der Waals surface area contributed by atoms with E-state index in [4.69, 9.17) is 21.1 Å². The van der Waals surface area contributed by atoms with E-state index in [1.54, 1.807) is 27.0 Å². The van der Waals surface area contributed by atoms with Gasteiger partial charge in [0.1, 0.15) is 11.6 Å². The number of aromatic nitrogens is 1. The van der Waals surface area contributed by atoms with Gasteiger partial charge in [0.25, 0.3) is 5.91 Å². The molecule has 1 aromatic heterocycles. The largest absolute Gasteiger partial charge is 0.444 e. The standard InChI is InChI=1S/C28H33ClN4O4/c1-19-15-22(20(2)33(19)24-13-11-23(29)12-14-24)16-30-32-26(34)25(31-27(35)37-28(3,4)5)18-36-17-21-9-7-6-8-10-21/h6-16,25H,17-18H2,1-5H3,(H,31,35)(H,32,34)/b30-16-/t25-/m0/s1. The summed E-state index contributed by atoms with van der Waals surface area (Å²) in [6, 6.07) is 18.1. The molecule has 3 rings (SSSR count). The Morgan fingerprint density at radius 2 is 1.76 bits per heavy atom. The molecular weight excluding hydrogens is 492 g/mol. The van der Waals surface area contributed by atoms with Crippen LogP contribution in [-0.4, -0.2) is 41.0 Å². The van der Waals surface area contributed by atoms with Gasteiger partial charge in [-0.3, -0.25) is 4.79 Å². The molecule has 0 fully saturated rings. The number of rotatable bonds is 9. The SMILES string of the molecule is Cc1cc(/C=N\NC(=O)[C@H](COCc2ccccc2)NC(=O)OC(C)(C)C)c(C)n1-c1ccc(Cl)cc1. The molecule has 2 amide bonds. The van der Waals surface area contributed by atoms with Crippen LogP contribution in [0.2, 0.25) is 5.02 Å². The molecule has 0 saturated heterocycles. The number of hydrogen-bond donors (Lipinski definition) is 2. The summed E-state index contributed by atoms with van der Waals surface area (Å²) in [5, 5.41) is 7.36. The number of hydrogen-bond acceptors (Lipinski definition) is 5. The molecule has 0 radical (unpaired) electrons. The van der Waals surface area contributed by atoms with E-state index in [2.05, 4.69) is 20.4 Å². The lowest BCUT2D eigenvalue weighted by atomic mass is 10.2. The zero-order valence-corrected chi connectivity index (χ0v) is 22.5. The first-order chi connectivity index (χ1) is 17.5. The molecule has 196 valence electrons. The van der Waals surface area contributed by atoms with Gasteiger partial charge in [0.2, 0.25) is 0 Å². The Balaban J connectivity index is 1.67. The van der Waals surface area contributed by atoms with Crippen LogP contribution in [0, 0.1) is 13.8 Å². The first-order valence-corrected chi connectivity index (χ1v) is 12.3. The predicted molar refractivity (Wildman–Crippen MR) is 145 cm³/mol. The third-order valence-corrected chi connectivity index (χ3v) is 5.59. The fourth-order valence-corrected chi connectivity index (χ4v) is 3.78. The van der Waals surface area contributed by atoms with Crippen LogP contribution in [0.5, 0.6) is 0 Å². The molecule has 0 spiro atoms. The fraction of sp³-hybridized carbons (Fsp3) is 0.321. The second-order valence-corrected chi connectivity index (χ2v) is 10.0. The second-order valence-electron chi connectivity index (χ2n) is 9.57. The predicted octanol–water partition coefficient (Wildman–Crippen LogP) is 5.31. The number of aryl methyl sites for hydroxylation is 1. The zero-order chi connectivity index (χ0) is 27.0. The number of halogens is 1. The van der Waals surface area contributed by atoms with Crippen molar-refractivity contribution in [2.45, 2.75) is 52.9 Å². The maximum absolute atomic E-state index is 12.9. The van der Waals surface area contributed by atoms with Crippen molar-refractivity contribution >= 4 is 29.8 Å². The smallest absolute Gasteiger partial charge is 0.408 e. The third kappa shape index (κ3) is 8.48. The van der Waals surface area contributed by atoms with Crippen molar-refractivity contribution < 1.29 is 19.1 Å². The lowest BCUT2D eigenvalue weighted by molar-refractivity contribution is -0.124. The van der Waals surface area contributed by atoms with Gasteiger partial charge >= 0.3 is 6.09 Å². The minimum atomic E-state index is -1.00. The molecule has 0 unspecified atom stereocenters. The van der Waals surface area contributed by atoms with Gasteiger partial charge in [0.05, 0.1) is 19.4 Å². The molecule has 0 aliphatic heterocycles. The summed E-state index contributed by atoms with van der Waals surface area (Å²) in [7, 11) is 0. The molecule has 0 aliphatic rings. The Morgan fingerprint density at radius 1 is 1.08 bits per heavy atom. The Labute approximate surface area is 222 Å². The van der Waals surface area contributed by atoms with E-state index in [1.165, 1.54) is 0 Å². The quantitative estimate of drug-likeness (QED) is 0.293. The van der Waals surface area contributed by atoms with E-state index in [0.717, 1.165) is 28.2 Å². The lowest BCUT2D eigenvalue weighted by Gasteiger charge is -2.22. The highest BCUT2D eigenvalue weighted by atomic mass is 35.5. The average Bonchev–Trinajstić information content (AvgIpc) is 3.11. The molecule has 2 aromatic carbocycles. The number of ether oxygens (including phenoxy) is 2. The van der Waals surface area contributed by atoms with Gasteiger partial charge in [-0.05, 0) is 70.5 Å². The van der Waals surface area contributed by atoms with Crippen molar-refractivity contribution in [1.29, 1.82) is 0 Å². The molecule has 37 heavy (non-hydrogen) atoms. The molecule has 9 heteroatoms. The van der Waals surface area contributed by atoms with Gasteiger partial charge in [-0.15, -0.1) is 0 Å². The molecule has 2 N–H and O–H groups in total. The van der Waals surface area contributed by atoms with Gasteiger partial charge in [-0.25, -0.2) is 10.2 Å². The van der Waals surface area contributed by atoms with Crippen LogP contribution >= 0.6 is 11.6 Å². The monoisotopic (exact) mass is 524 g/mol. The summed E-state index contributed by atoms with van der Waals surface area (Å²) in [5.41, 5.74) is 6.52. The second kappa shape index (κ2) is 12.6. The number of carbonyl (C=O) groups excluding carboxylic acids is 2. The van der Waals surface area contributed by atoms with Crippen LogP contribution in [-0.2, 0) is 20.9 Å². The van der Waals surface area contributed by atoms with Crippen molar-refractivity contribution in [3.8, 4) is 5.69 Å². The topological polar surface area (TPSA) is 93.9 Å². The van der Waals surface area contributed by atoms with Gasteiger partial charge in [0.15, 0.2) is 0 Å². The number of benzene rings is 2. The Bertz CT molecular complexity index is 1230. The highest BCUT2D eigenvalue weighted by molar-refractivity contribution is 6.30. The minimum Gasteiger partial charge on any atom is -0.444 e. The third-order valence-electron chi connectivity index (χ3n) is 5.34. The summed E-state index contributed by atoms with van der Waals surface area (Å²) in [6.45, 7) is 9.44.